The summed E-state index contributed by atoms with van der Waals surface area (Å²) in [5, 5.41) is 0. The zero-order valence-corrected chi connectivity index (χ0v) is 11.4. The molecule has 0 spiro atoms. The van der Waals surface area contributed by atoms with Gasteiger partial charge in [0.05, 0.1) is 0 Å². The second kappa shape index (κ2) is 5.16. The SMILES string of the molecule is CN(CCc1ccc2c(c1)OCO2)CC(C)(C)N. The van der Waals surface area contributed by atoms with E-state index in [9.17, 15) is 0 Å². The molecule has 0 saturated heterocycles. The summed E-state index contributed by atoms with van der Waals surface area (Å²) >= 11 is 0. The molecule has 1 aliphatic heterocycles. The Morgan fingerprint density at radius 2 is 2.00 bits per heavy atom. The minimum atomic E-state index is -0.149. The van der Waals surface area contributed by atoms with Gasteiger partial charge in [-0.2, -0.15) is 0 Å². The Labute approximate surface area is 109 Å². The van der Waals surface area contributed by atoms with Crippen LogP contribution in [0.3, 0.4) is 0 Å². The number of fused-ring (bicyclic) bond motifs is 1. The van der Waals surface area contributed by atoms with Crippen molar-refractivity contribution in [2.45, 2.75) is 25.8 Å². The molecule has 0 atom stereocenters. The van der Waals surface area contributed by atoms with E-state index in [-0.39, 0.29) is 5.54 Å². The summed E-state index contributed by atoms with van der Waals surface area (Å²) in [5.41, 5.74) is 7.12. The van der Waals surface area contributed by atoms with Crippen LogP contribution in [0.4, 0.5) is 0 Å². The number of hydrogen-bond donors (Lipinski definition) is 1. The van der Waals surface area contributed by atoms with E-state index in [1.165, 1.54) is 5.56 Å². The quantitative estimate of drug-likeness (QED) is 0.863. The Bertz CT molecular complexity index is 413. The first-order chi connectivity index (χ1) is 8.44. The van der Waals surface area contributed by atoms with Crippen LogP contribution in [0.25, 0.3) is 0 Å². The van der Waals surface area contributed by atoms with Gasteiger partial charge in [0.2, 0.25) is 6.79 Å². The Morgan fingerprint density at radius 3 is 2.72 bits per heavy atom. The molecule has 18 heavy (non-hydrogen) atoms. The molecule has 0 aliphatic carbocycles. The Kier molecular flexibility index (Phi) is 3.78. The minimum absolute atomic E-state index is 0.149. The molecule has 100 valence electrons. The van der Waals surface area contributed by atoms with Gasteiger partial charge < -0.3 is 20.1 Å². The van der Waals surface area contributed by atoms with Crippen LogP contribution in [-0.4, -0.2) is 37.4 Å². The molecule has 0 bridgehead atoms. The molecule has 1 aromatic rings. The maximum atomic E-state index is 6.00. The predicted molar refractivity (Wildman–Crippen MR) is 72.0 cm³/mol. The number of hydrogen-bond acceptors (Lipinski definition) is 4. The van der Waals surface area contributed by atoms with Crippen molar-refractivity contribution in [2.75, 3.05) is 26.9 Å². The molecule has 0 amide bonds. The molecular formula is C14H22N2O2. The zero-order valence-electron chi connectivity index (χ0n) is 11.4. The molecule has 0 saturated carbocycles. The third-order valence-corrected chi connectivity index (χ3v) is 2.90. The normalized spacial score (nSPS) is 14.3. The van der Waals surface area contributed by atoms with Gasteiger partial charge in [-0.25, -0.2) is 0 Å². The van der Waals surface area contributed by atoms with Gasteiger partial charge in [0, 0.05) is 18.6 Å². The first kappa shape index (κ1) is 13.2. The van der Waals surface area contributed by atoms with Crippen LogP contribution >= 0.6 is 0 Å². The van der Waals surface area contributed by atoms with Gasteiger partial charge >= 0.3 is 0 Å². The molecule has 2 rings (SSSR count). The summed E-state index contributed by atoms with van der Waals surface area (Å²) in [5.74, 6) is 1.70. The Morgan fingerprint density at radius 1 is 1.28 bits per heavy atom. The highest BCUT2D eigenvalue weighted by Gasteiger charge is 2.15. The summed E-state index contributed by atoms with van der Waals surface area (Å²) in [7, 11) is 2.10. The molecule has 1 aliphatic rings. The van der Waals surface area contributed by atoms with E-state index in [0.29, 0.717) is 6.79 Å². The second-order valence-electron chi connectivity index (χ2n) is 5.66. The fraction of sp³-hybridized carbons (Fsp3) is 0.571. The van der Waals surface area contributed by atoms with E-state index >= 15 is 0 Å². The van der Waals surface area contributed by atoms with E-state index in [2.05, 4.69) is 24.1 Å². The first-order valence-electron chi connectivity index (χ1n) is 6.30. The predicted octanol–water partition coefficient (Wildman–Crippen LogP) is 1.63. The molecule has 0 radical (unpaired) electrons. The fourth-order valence-electron chi connectivity index (χ4n) is 2.19. The van der Waals surface area contributed by atoms with Crippen LogP contribution in [0.2, 0.25) is 0 Å². The van der Waals surface area contributed by atoms with Crippen LogP contribution in [0, 0.1) is 0 Å². The van der Waals surface area contributed by atoms with Crippen molar-refractivity contribution in [1.29, 1.82) is 0 Å². The molecule has 0 fully saturated rings. The molecule has 0 aromatic heterocycles. The lowest BCUT2D eigenvalue weighted by Crippen LogP contribution is -2.44. The average molecular weight is 250 g/mol. The number of likely N-dealkylation sites (N-methyl/N-ethyl adjacent to an activating group) is 1. The number of nitrogens with two attached hydrogens (primary N) is 1. The van der Waals surface area contributed by atoms with Crippen molar-refractivity contribution in [3.8, 4) is 11.5 Å². The number of benzene rings is 1. The van der Waals surface area contributed by atoms with Crippen LogP contribution in [0.15, 0.2) is 18.2 Å². The van der Waals surface area contributed by atoms with E-state index < -0.39 is 0 Å². The summed E-state index contributed by atoms with van der Waals surface area (Å²) in [6, 6.07) is 6.13. The van der Waals surface area contributed by atoms with Gasteiger partial charge in [0.15, 0.2) is 11.5 Å². The van der Waals surface area contributed by atoms with Crippen LogP contribution < -0.4 is 15.2 Å². The molecule has 4 nitrogen and oxygen atoms in total. The van der Waals surface area contributed by atoms with Crippen LogP contribution in [0.1, 0.15) is 19.4 Å². The summed E-state index contributed by atoms with van der Waals surface area (Å²) < 4.78 is 10.7. The van der Waals surface area contributed by atoms with Crippen molar-refractivity contribution < 1.29 is 9.47 Å². The first-order valence-corrected chi connectivity index (χ1v) is 6.30. The van der Waals surface area contributed by atoms with Gasteiger partial charge in [-0.15, -0.1) is 0 Å². The smallest absolute Gasteiger partial charge is 0.231 e. The van der Waals surface area contributed by atoms with Gasteiger partial charge in [-0.05, 0) is 45.0 Å². The van der Waals surface area contributed by atoms with Crippen molar-refractivity contribution in [3.63, 3.8) is 0 Å². The molecule has 4 heteroatoms. The lowest BCUT2D eigenvalue weighted by atomic mass is 10.1. The van der Waals surface area contributed by atoms with Crippen molar-refractivity contribution in [2.24, 2.45) is 5.73 Å². The van der Waals surface area contributed by atoms with Crippen molar-refractivity contribution in [3.05, 3.63) is 23.8 Å². The maximum absolute atomic E-state index is 6.00. The molecule has 1 aromatic carbocycles. The van der Waals surface area contributed by atoms with Gasteiger partial charge in [-0.3, -0.25) is 0 Å². The van der Waals surface area contributed by atoms with Gasteiger partial charge in [0.25, 0.3) is 0 Å². The van der Waals surface area contributed by atoms with E-state index in [0.717, 1.165) is 31.0 Å². The van der Waals surface area contributed by atoms with Crippen molar-refractivity contribution >= 4 is 0 Å². The van der Waals surface area contributed by atoms with Crippen molar-refractivity contribution in [1.82, 2.24) is 4.90 Å². The summed E-state index contributed by atoms with van der Waals surface area (Å²) in [4.78, 5) is 2.25. The fourth-order valence-corrected chi connectivity index (χ4v) is 2.19. The maximum Gasteiger partial charge on any atom is 0.231 e. The topological polar surface area (TPSA) is 47.7 Å². The highest BCUT2D eigenvalue weighted by atomic mass is 16.7. The number of nitrogens with zero attached hydrogens (tertiary/aromatic N) is 1. The van der Waals surface area contributed by atoms with E-state index in [1.807, 2.05) is 19.9 Å². The zero-order chi connectivity index (χ0) is 13.2. The summed E-state index contributed by atoms with van der Waals surface area (Å²) in [6.07, 6.45) is 0.989. The molecule has 2 N–H and O–H groups in total. The lowest BCUT2D eigenvalue weighted by molar-refractivity contribution is 0.174. The highest BCUT2D eigenvalue weighted by molar-refractivity contribution is 5.44. The van der Waals surface area contributed by atoms with E-state index in [4.69, 9.17) is 15.2 Å². The standard InChI is InChI=1S/C14H22N2O2/c1-14(2,15)9-16(3)7-6-11-4-5-12-13(8-11)18-10-17-12/h4-5,8H,6-7,9-10,15H2,1-3H3. The monoisotopic (exact) mass is 250 g/mol. The highest BCUT2D eigenvalue weighted by Crippen LogP contribution is 2.32. The number of rotatable bonds is 5. The minimum Gasteiger partial charge on any atom is -0.454 e. The van der Waals surface area contributed by atoms with Crippen LogP contribution in [0.5, 0.6) is 11.5 Å². The third kappa shape index (κ3) is 3.62. The average Bonchev–Trinajstić information content (AvgIpc) is 2.71. The summed E-state index contributed by atoms with van der Waals surface area (Å²) in [6.45, 7) is 6.30. The van der Waals surface area contributed by atoms with Gasteiger partial charge in [0.1, 0.15) is 0 Å². The number of ether oxygens (including phenoxy) is 2. The molecular weight excluding hydrogens is 228 g/mol. The lowest BCUT2D eigenvalue weighted by Gasteiger charge is -2.26. The van der Waals surface area contributed by atoms with Crippen LogP contribution in [-0.2, 0) is 6.42 Å². The molecule has 0 unspecified atom stereocenters. The third-order valence-electron chi connectivity index (χ3n) is 2.90. The Hall–Kier alpha value is -1.26. The Balaban J connectivity index is 1.87. The van der Waals surface area contributed by atoms with E-state index in [1.54, 1.807) is 0 Å². The second-order valence-corrected chi connectivity index (χ2v) is 5.66. The largest absolute Gasteiger partial charge is 0.454 e. The van der Waals surface area contributed by atoms with Gasteiger partial charge in [-0.1, -0.05) is 6.07 Å². The molecule has 1 heterocycles.